The lowest BCUT2D eigenvalue weighted by Gasteiger charge is -2.40. The standard InChI is InChI=1S/C35H46BN5O5/c36-29-23-25(11-12-31(29)42)24-32(33(43)39-21-19-38(20-22-39)27-8-3-1-2-4-9-27)46-35(45)40-16-14-28(15-17-40)41-18-13-26-7-5-6-10-30(26)37-34(41)44/h5-7,10-12,23,27-28,32,42H,1-4,8-9,13-22,24H2,(H,37,44)/t32-/m1/s1. The second kappa shape index (κ2) is 14.8. The Morgan fingerprint density at radius 3 is 2.30 bits per heavy atom. The van der Waals surface area contributed by atoms with Crippen LogP contribution >= 0.6 is 0 Å². The van der Waals surface area contributed by atoms with Gasteiger partial charge in [0.15, 0.2) is 6.10 Å². The van der Waals surface area contributed by atoms with Crippen molar-refractivity contribution in [3.8, 4) is 5.75 Å². The molecule has 10 nitrogen and oxygen atoms in total. The quantitative estimate of drug-likeness (QED) is 0.375. The van der Waals surface area contributed by atoms with Gasteiger partial charge in [-0.25, -0.2) is 9.59 Å². The molecular weight excluding hydrogens is 581 g/mol. The normalized spacial score (nSPS) is 21.1. The number of carbonyl (C=O) groups excluding carboxylic acids is 3. The molecule has 2 N–H and O–H groups in total. The Balaban J connectivity index is 1.07. The van der Waals surface area contributed by atoms with Gasteiger partial charge in [0.2, 0.25) is 0 Å². The number of phenols is 1. The van der Waals surface area contributed by atoms with Crippen molar-refractivity contribution in [2.24, 2.45) is 0 Å². The molecule has 4 aliphatic rings. The number of phenolic OH excluding ortho intramolecular Hbond substituents is 1. The van der Waals surface area contributed by atoms with E-state index in [1.54, 1.807) is 17.0 Å². The Hall–Kier alpha value is -3.73. The smallest absolute Gasteiger partial charge is 0.410 e. The van der Waals surface area contributed by atoms with E-state index in [0.29, 0.717) is 57.2 Å². The molecule has 1 aliphatic carbocycles. The van der Waals surface area contributed by atoms with Gasteiger partial charge in [-0.05, 0) is 55.4 Å². The number of anilines is 1. The number of amides is 4. The van der Waals surface area contributed by atoms with Crippen molar-refractivity contribution >= 4 is 37.0 Å². The summed E-state index contributed by atoms with van der Waals surface area (Å²) in [6, 6.07) is 13.2. The summed E-state index contributed by atoms with van der Waals surface area (Å²) in [5.41, 5.74) is 2.91. The first-order chi connectivity index (χ1) is 22.4. The molecule has 0 aromatic heterocycles. The maximum absolute atomic E-state index is 13.9. The van der Waals surface area contributed by atoms with Crippen molar-refractivity contribution < 1.29 is 24.2 Å². The van der Waals surface area contributed by atoms with Crippen molar-refractivity contribution in [2.75, 3.05) is 51.1 Å². The molecular formula is C35H46BN5O5. The zero-order valence-electron chi connectivity index (χ0n) is 26.7. The van der Waals surface area contributed by atoms with Crippen LogP contribution < -0.4 is 10.8 Å². The summed E-state index contributed by atoms with van der Waals surface area (Å²) >= 11 is 0. The van der Waals surface area contributed by atoms with Gasteiger partial charge in [0, 0.05) is 70.0 Å². The molecule has 244 valence electrons. The third-order valence-electron chi connectivity index (χ3n) is 10.3. The van der Waals surface area contributed by atoms with Crippen molar-refractivity contribution in [3.63, 3.8) is 0 Å². The van der Waals surface area contributed by atoms with E-state index < -0.39 is 12.2 Å². The van der Waals surface area contributed by atoms with Crippen molar-refractivity contribution in [3.05, 3.63) is 53.6 Å². The highest BCUT2D eigenvalue weighted by Crippen LogP contribution is 2.26. The van der Waals surface area contributed by atoms with Gasteiger partial charge in [-0.15, -0.1) is 0 Å². The number of piperidine rings is 1. The molecule has 2 radical (unpaired) electrons. The largest absolute Gasteiger partial charge is 0.509 e. The first-order valence-corrected chi connectivity index (χ1v) is 17.1. The van der Waals surface area contributed by atoms with Crippen molar-refractivity contribution in [1.29, 1.82) is 0 Å². The lowest BCUT2D eigenvalue weighted by atomic mass is 9.91. The Labute approximate surface area is 273 Å². The van der Waals surface area contributed by atoms with E-state index in [4.69, 9.17) is 12.6 Å². The number of carbonyl (C=O) groups is 3. The number of urea groups is 1. The molecule has 3 fully saturated rings. The van der Waals surface area contributed by atoms with Gasteiger partial charge in [-0.1, -0.05) is 61.5 Å². The van der Waals surface area contributed by atoms with Crippen LogP contribution in [-0.4, -0.2) is 115 Å². The van der Waals surface area contributed by atoms with E-state index in [-0.39, 0.29) is 35.6 Å². The molecule has 11 heteroatoms. The van der Waals surface area contributed by atoms with Gasteiger partial charge in [0.25, 0.3) is 5.91 Å². The molecule has 1 saturated carbocycles. The summed E-state index contributed by atoms with van der Waals surface area (Å²) in [5, 5.41) is 13.0. The maximum atomic E-state index is 13.9. The second-order valence-electron chi connectivity index (χ2n) is 13.2. The minimum absolute atomic E-state index is 0.0144. The van der Waals surface area contributed by atoms with E-state index >= 15 is 0 Å². The molecule has 3 heterocycles. The number of hydrogen-bond acceptors (Lipinski definition) is 6. The predicted octanol–water partition coefficient (Wildman–Crippen LogP) is 3.66. The van der Waals surface area contributed by atoms with E-state index in [1.807, 2.05) is 34.1 Å². The van der Waals surface area contributed by atoms with Crippen LogP contribution in [0.15, 0.2) is 42.5 Å². The minimum atomic E-state index is -1.01. The van der Waals surface area contributed by atoms with Crippen molar-refractivity contribution in [2.45, 2.75) is 82.4 Å². The molecule has 2 aromatic rings. The van der Waals surface area contributed by atoms with E-state index in [2.05, 4.69) is 10.2 Å². The van der Waals surface area contributed by atoms with Crippen LogP contribution in [-0.2, 0) is 22.4 Å². The fourth-order valence-corrected chi connectivity index (χ4v) is 7.55. The van der Waals surface area contributed by atoms with Crippen LogP contribution in [0.1, 0.15) is 62.5 Å². The third-order valence-corrected chi connectivity index (χ3v) is 10.3. The van der Waals surface area contributed by atoms with Crippen molar-refractivity contribution in [1.82, 2.24) is 19.6 Å². The molecule has 2 aromatic carbocycles. The number of piperazine rings is 1. The van der Waals surface area contributed by atoms with Crippen LogP contribution in [0.5, 0.6) is 5.75 Å². The number of ether oxygens (including phenoxy) is 1. The van der Waals surface area contributed by atoms with Crippen LogP contribution in [0.2, 0.25) is 0 Å². The molecule has 2 saturated heterocycles. The number of nitrogens with zero attached hydrogens (tertiary/aromatic N) is 4. The summed E-state index contributed by atoms with van der Waals surface area (Å²) in [4.78, 5) is 48.4. The van der Waals surface area contributed by atoms with E-state index in [1.165, 1.54) is 44.6 Å². The van der Waals surface area contributed by atoms with Crippen LogP contribution in [0, 0.1) is 0 Å². The molecule has 0 bridgehead atoms. The second-order valence-corrected chi connectivity index (χ2v) is 13.2. The number of aromatic hydroxyl groups is 1. The predicted molar refractivity (Wildman–Crippen MR) is 178 cm³/mol. The maximum Gasteiger partial charge on any atom is 0.410 e. The van der Waals surface area contributed by atoms with Crippen LogP contribution in [0.3, 0.4) is 0 Å². The Morgan fingerprint density at radius 2 is 1.59 bits per heavy atom. The average molecular weight is 628 g/mol. The fourth-order valence-electron chi connectivity index (χ4n) is 7.55. The molecule has 0 spiro atoms. The molecule has 1 atom stereocenters. The highest BCUT2D eigenvalue weighted by Gasteiger charge is 2.36. The zero-order valence-corrected chi connectivity index (χ0v) is 26.7. The highest BCUT2D eigenvalue weighted by molar-refractivity contribution is 6.34. The Morgan fingerprint density at radius 1 is 0.870 bits per heavy atom. The number of hydrogen-bond donors (Lipinski definition) is 2. The fraction of sp³-hybridized carbons (Fsp3) is 0.571. The van der Waals surface area contributed by atoms with Gasteiger partial charge in [-0.2, -0.15) is 0 Å². The number of benzene rings is 2. The first kappa shape index (κ1) is 32.2. The summed E-state index contributed by atoms with van der Waals surface area (Å²) < 4.78 is 5.99. The highest BCUT2D eigenvalue weighted by atomic mass is 16.6. The summed E-state index contributed by atoms with van der Waals surface area (Å²) in [5.74, 6) is -0.223. The van der Waals surface area contributed by atoms with Gasteiger partial charge < -0.3 is 29.9 Å². The third kappa shape index (κ3) is 7.62. The zero-order chi connectivity index (χ0) is 32.0. The monoisotopic (exact) mass is 627 g/mol. The van der Waals surface area contributed by atoms with Gasteiger partial charge in [0.1, 0.15) is 13.6 Å². The molecule has 46 heavy (non-hydrogen) atoms. The molecule has 3 aliphatic heterocycles. The van der Waals surface area contributed by atoms with E-state index in [0.717, 1.165) is 30.8 Å². The van der Waals surface area contributed by atoms with Gasteiger partial charge in [0.05, 0.1) is 0 Å². The summed E-state index contributed by atoms with van der Waals surface area (Å²) in [6.45, 7) is 4.36. The molecule has 0 unspecified atom stereocenters. The summed E-state index contributed by atoms with van der Waals surface area (Å²) in [6.07, 6.45) is 8.30. The number of nitrogens with one attached hydrogen (secondary N) is 1. The van der Waals surface area contributed by atoms with Crippen LogP contribution in [0.25, 0.3) is 0 Å². The first-order valence-electron chi connectivity index (χ1n) is 17.1. The number of fused-ring (bicyclic) bond motifs is 1. The van der Waals surface area contributed by atoms with Gasteiger partial charge >= 0.3 is 12.1 Å². The SMILES string of the molecule is [B]c1cc(C[C@@H](OC(=O)N2CCC(N3CCc4ccccc4NC3=O)CC2)C(=O)N2CCN(C3CCCCCC3)CC2)ccc1O. The number of para-hydroxylation sites is 1. The summed E-state index contributed by atoms with van der Waals surface area (Å²) in [7, 11) is 5.95. The van der Waals surface area contributed by atoms with Gasteiger partial charge in [-0.3, -0.25) is 9.69 Å². The van der Waals surface area contributed by atoms with E-state index in [9.17, 15) is 19.5 Å². The number of rotatable bonds is 6. The average Bonchev–Trinajstić information content (AvgIpc) is 3.45. The Kier molecular flexibility index (Phi) is 10.4. The Bertz CT molecular complexity index is 1380. The topological polar surface area (TPSA) is 106 Å². The lowest BCUT2D eigenvalue weighted by Crippen LogP contribution is -2.55. The number of likely N-dealkylation sites (tertiary alicyclic amines) is 1. The molecule has 6 rings (SSSR count). The van der Waals surface area contributed by atoms with Crippen LogP contribution in [0.4, 0.5) is 15.3 Å². The minimum Gasteiger partial charge on any atom is -0.509 e. The lowest BCUT2D eigenvalue weighted by molar-refractivity contribution is -0.143. The molecule has 4 amide bonds.